The van der Waals surface area contributed by atoms with E-state index in [1.54, 1.807) is 0 Å². The van der Waals surface area contributed by atoms with Crippen LogP contribution in [0, 0.1) is 0 Å². The summed E-state index contributed by atoms with van der Waals surface area (Å²) < 4.78 is 26.1. The molecule has 0 atom stereocenters. The van der Waals surface area contributed by atoms with E-state index in [4.69, 9.17) is 0 Å². The fourth-order valence-corrected chi connectivity index (χ4v) is 3.17. The first-order chi connectivity index (χ1) is 5.17. The summed E-state index contributed by atoms with van der Waals surface area (Å²) in [6.07, 6.45) is 4.57. The van der Waals surface area contributed by atoms with Crippen LogP contribution in [0.3, 0.4) is 0 Å². The van der Waals surface area contributed by atoms with Crippen LogP contribution in [-0.4, -0.2) is 8.74 Å². The largest absolute Gasteiger partial charge is 0.450 e. The molecule has 0 heterocycles. The molecule has 0 aromatic rings. The first-order valence-corrected chi connectivity index (χ1v) is 6.09. The first kappa shape index (κ1) is 8.91. The molecule has 64 valence electrons. The lowest BCUT2D eigenvalue weighted by atomic mass is 10.0. The standard InChI is InChI=1S/C8H14F2Si/c1-2-11(9,10)8-6-4-3-5-7-8/h2,8H,1,3-7H2. The van der Waals surface area contributed by atoms with Crippen LogP contribution in [0.15, 0.2) is 12.3 Å². The van der Waals surface area contributed by atoms with E-state index < -0.39 is 8.74 Å². The fourth-order valence-electron chi connectivity index (χ4n) is 1.65. The maximum Gasteiger partial charge on any atom is 0.450 e. The lowest BCUT2D eigenvalue weighted by Crippen LogP contribution is -2.28. The maximum absolute atomic E-state index is 13.1. The molecule has 0 spiro atoms. The molecule has 0 saturated heterocycles. The molecule has 1 aliphatic carbocycles. The van der Waals surface area contributed by atoms with E-state index in [0.717, 1.165) is 37.8 Å². The van der Waals surface area contributed by atoms with Crippen molar-refractivity contribution in [2.75, 3.05) is 0 Å². The topological polar surface area (TPSA) is 0 Å². The number of halogens is 2. The summed E-state index contributed by atoms with van der Waals surface area (Å²) in [5.41, 5.74) is 0.636. The van der Waals surface area contributed by atoms with Gasteiger partial charge in [0.05, 0.1) is 0 Å². The van der Waals surface area contributed by atoms with Gasteiger partial charge in [0.1, 0.15) is 0 Å². The lowest BCUT2D eigenvalue weighted by Gasteiger charge is -2.24. The Kier molecular flexibility index (Phi) is 2.82. The van der Waals surface area contributed by atoms with Gasteiger partial charge in [-0.2, -0.15) is 0 Å². The quantitative estimate of drug-likeness (QED) is 0.446. The Labute approximate surface area is 67.7 Å². The molecule has 11 heavy (non-hydrogen) atoms. The van der Waals surface area contributed by atoms with E-state index >= 15 is 0 Å². The highest BCUT2D eigenvalue weighted by molar-refractivity contribution is 6.72. The molecular weight excluding hydrogens is 162 g/mol. The van der Waals surface area contributed by atoms with E-state index in [1.807, 2.05) is 0 Å². The zero-order chi connectivity index (χ0) is 8.32. The van der Waals surface area contributed by atoms with E-state index in [2.05, 4.69) is 6.58 Å². The van der Waals surface area contributed by atoms with Crippen LogP contribution in [0.1, 0.15) is 32.1 Å². The summed E-state index contributed by atoms with van der Waals surface area (Å²) in [5.74, 6) is 0. The predicted octanol–water partition coefficient (Wildman–Crippen LogP) is 3.43. The number of rotatable bonds is 2. The molecule has 1 aliphatic rings. The normalized spacial score (nSPS) is 21.6. The minimum absolute atomic E-state index is 0.297. The molecule has 0 unspecified atom stereocenters. The average molecular weight is 176 g/mol. The van der Waals surface area contributed by atoms with Gasteiger partial charge in [0, 0.05) is 5.54 Å². The first-order valence-electron chi connectivity index (χ1n) is 4.18. The molecule has 0 amide bonds. The SMILES string of the molecule is C=C[Si](F)(F)C1CCCCC1. The second-order valence-corrected chi connectivity index (χ2v) is 5.79. The second kappa shape index (κ2) is 3.48. The van der Waals surface area contributed by atoms with Gasteiger partial charge in [0.25, 0.3) is 0 Å². The molecule has 3 heteroatoms. The van der Waals surface area contributed by atoms with Gasteiger partial charge >= 0.3 is 8.74 Å². The minimum Gasteiger partial charge on any atom is -0.265 e. The highest BCUT2D eigenvalue weighted by Gasteiger charge is 2.41. The van der Waals surface area contributed by atoms with Crippen LogP contribution in [-0.2, 0) is 0 Å². The molecule has 0 nitrogen and oxygen atoms in total. The van der Waals surface area contributed by atoms with Crippen LogP contribution in [0.5, 0.6) is 0 Å². The van der Waals surface area contributed by atoms with Crippen molar-refractivity contribution >= 4 is 8.74 Å². The highest BCUT2D eigenvalue weighted by Crippen LogP contribution is 2.38. The Morgan fingerprint density at radius 2 is 1.73 bits per heavy atom. The third kappa shape index (κ3) is 2.12. The maximum atomic E-state index is 13.1. The van der Waals surface area contributed by atoms with Gasteiger partial charge in [-0.3, -0.25) is 8.22 Å². The molecule has 1 fully saturated rings. The second-order valence-electron chi connectivity index (χ2n) is 3.21. The zero-order valence-corrected chi connectivity index (χ0v) is 7.65. The molecule has 0 aromatic carbocycles. The Hall–Kier alpha value is -0.183. The summed E-state index contributed by atoms with van der Waals surface area (Å²) in [7, 11) is -4.01. The van der Waals surface area contributed by atoms with Crippen molar-refractivity contribution in [1.82, 2.24) is 0 Å². The fraction of sp³-hybridized carbons (Fsp3) is 0.750. The van der Waals surface area contributed by atoms with Crippen LogP contribution in [0.25, 0.3) is 0 Å². The van der Waals surface area contributed by atoms with Crippen molar-refractivity contribution in [3.05, 3.63) is 12.3 Å². The average Bonchev–Trinajstić information content (AvgIpc) is 2.06. The summed E-state index contributed by atoms with van der Waals surface area (Å²) in [5, 5.41) is 0. The Balaban J connectivity index is 2.50. The predicted molar refractivity (Wildman–Crippen MR) is 45.0 cm³/mol. The van der Waals surface area contributed by atoms with Gasteiger partial charge in [-0.15, -0.1) is 6.58 Å². The summed E-state index contributed by atoms with van der Waals surface area (Å²) >= 11 is 0. The molecular formula is C8H14F2Si. The van der Waals surface area contributed by atoms with Crippen molar-refractivity contribution < 1.29 is 8.22 Å². The van der Waals surface area contributed by atoms with Crippen molar-refractivity contribution in [3.8, 4) is 0 Å². The van der Waals surface area contributed by atoms with Crippen molar-refractivity contribution in [2.45, 2.75) is 37.6 Å². The molecule has 0 aromatic heterocycles. The van der Waals surface area contributed by atoms with Gasteiger partial charge in [-0.25, -0.2) is 0 Å². The zero-order valence-electron chi connectivity index (χ0n) is 6.65. The monoisotopic (exact) mass is 176 g/mol. The van der Waals surface area contributed by atoms with Crippen LogP contribution in [0.2, 0.25) is 5.54 Å². The summed E-state index contributed by atoms with van der Waals surface area (Å²) in [6.45, 7) is 3.22. The molecule has 0 aliphatic heterocycles. The van der Waals surface area contributed by atoms with Gasteiger partial charge in [-0.05, 0) is 18.5 Å². The summed E-state index contributed by atoms with van der Waals surface area (Å²) in [6, 6.07) is 0. The van der Waals surface area contributed by atoms with Crippen molar-refractivity contribution in [3.63, 3.8) is 0 Å². The molecule has 1 rings (SSSR count). The summed E-state index contributed by atoms with van der Waals surface area (Å²) in [4.78, 5) is 0. The van der Waals surface area contributed by atoms with Gasteiger partial charge in [0.15, 0.2) is 0 Å². The van der Waals surface area contributed by atoms with Crippen molar-refractivity contribution in [2.24, 2.45) is 0 Å². The number of hydrogen-bond acceptors (Lipinski definition) is 0. The van der Waals surface area contributed by atoms with E-state index in [1.165, 1.54) is 0 Å². The lowest BCUT2D eigenvalue weighted by molar-refractivity contribution is 0.442. The Morgan fingerprint density at radius 3 is 2.18 bits per heavy atom. The minimum atomic E-state index is -4.01. The van der Waals surface area contributed by atoms with Crippen LogP contribution in [0.4, 0.5) is 8.22 Å². The third-order valence-electron chi connectivity index (χ3n) is 2.42. The van der Waals surface area contributed by atoms with Crippen LogP contribution < -0.4 is 0 Å². The Bertz CT molecular complexity index is 139. The molecule has 1 saturated carbocycles. The third-order valence-corrected chi connectivity index (χ3v) is 4.63. The molecule has 0 bridgehead atoms. The smallest absolute Gasteiger partial charge is 0.265 e. The van der Waals surface area contributed by atoms with Crippen molar-refractivity contribution in [1.29, 1.82) is 0 Å². The molecule has 0 radical (unpaired) electrons. The highest BCUT2D eigenvalue weighted by atomic mass is 28.4. The van der Waals surface area contributed by atoms with Crippen LogP contribution >= 0.6 is 0 Å². The number of hydrogen-bond donors (Lipinski definition) is 0. The molecule has 0 N–H and O–H groups in total. The van der Waals surface area contributed by atoms with E-state index in [-0.39, 0.29) is 5.54 Å². The van der Waals surface area contributed by atoms with E-state index in [0.29, 0.717) is 0 Å². The Morgan fingerprint density at radius 1 is 1.18 bits per heavy atom. The van der Waals surface area contributed by atoms with Gasteiger partial charge in [-0.1, -0.05) is 19.3 Å². The van der Waals surface area contributed by atoms with Gasteiger partial charge in [0.2, 0.25) is 0 Å². The van der Waals surface area contributed by atoms with Gasteiger partial charge < -0.3 is 0 Å². The van der Waals surface area contributed by atoms with E-state index in [9.17, 15) is 8.22 Å².